The van der Waals surface area contributed by atoms with Crippen LogP contribution in [0.5, 0.6) is 5.75 Å². The number of aromatic nitrogens is 3. The third kappa shape index (κ3) is 3.32. The highest BCUT2D eigenvalue weighted by atomic mass is 35.5. The molecule has 6 rings (SSSR count). The lowest BCUT2D eigenvalue weighted by Gasteiger charge is -2.12. The maximum Gasteiger partial charge on any atom is 0.149 e. The molecule has 0 fully saturated rings. The van der Waals surface area contributed by atoms with Gasteiger partial charge in [0.25, 0.3) is 0 Å². The van der Waals surface area contributed by atoms with E-state index < -0.39 is 0 Å². The summed E-state index contributed by atoms with van der Waals surface area (Å²) in [5, 5.41) is 11.7. The monoisotopic (exact) mass is 447 g/mol. The zero-order valence-electron chi connectivity index (χ0n) is 17.5. The van der Waals surface area contributed by atoms with Gasteiger partial charge in [-0.3, -0.25) is 4.40 Å². The molecule has 2 aromatic heterocycles. The second-order valence-electron chi connectivity index (χ2n) is 7.84. The number of hydrogen-bond donors (Lipinski definition) is 1. The summed E-state index contributed by atoms with van der Waals surface area (Å²) in [5.41, 5.74) is 6.26. The smallest absolute Gasteiger partial charge is 0.149 e. The fourth-order valence-corrected chi connectivity index (χ4v) is 4.35. The van der Waals surface area contributed by atoms with Crippen LogP contribution in [0.15, 0.2) is 103 Å². The van der Waals surface area contributed by atoms with Crippen molar-refractivity contribution in [2.24, 2.45) is 0 Å². The van der Waals surface area contributed by atoms with Crippen molar-refractivity contribution >= 4 is 28.2 Å². The molecule has 0 aliphatic rings. The second-order valence-corrected chi connectivity index (χ2v) is 8.28. The molecule has 33 heavy (non-hydrogen) atoms. The molecular formula is C28H18ClN3O. The Morgan fingerprint density at radius 1 is 0.667 bits per heavy atom. The van der Waals surface area contributed by atoms with E-state index in [4.69, 9.17) is 21.6 Å². The summed E-state index contributed by atoms with van der Waals surface area (Å²) >= 11 is 6.17. The van der Waals surface area contributed by atoms with E-state index in [2.05, 4.69) is 28.7 Å². The Balaban J connectivity index is 1.82. The van der Waals surface area contributed by atoms with Crippen molar-refractivity contribution in [3.05, 3.63) is 108 Å². The molecule has 6 aromatic rings. The van der Waals surface area contributed by atoms with Crippen LogP contribution in [0.4, 0.5) is 0 Å². The molecule has 0 spiro atoms. The molecule has 0 unspecified atom stereocenters. The Hall–Kier alpha value is -4.15. The minimum atomic E-state index is 0.177. The summed E-state index contributed by atoms with van der Waals surface area (Å²) in [6.45, 7) is 0. The topological polar surface area (TPSA) is 50.4 Å². The highest BCUT2D eigenvalue weighted by Gasteiger charge is 2.22. The predicted octanol–water partition coefficient (Wildman–Crippen LogP) is 7.24. The van der Waals surface area contributed by atoms with Gasteiger partial charge < -0.3 is 5.11 Å². The van der Waals surface area contributed by atoms with Crippen LogP contribution in [0.3, 0.4) is 0 Å². The van der Waals surface area contributed by atoms with Crippen LogP contribution < -0.4 is 0 Å². The summed E-state index contributed by atoms with van der Waals surface area (Å²) in [6.07, 6.45) is 0. The molecule has 0 saturated carbocycles. The first-order valence-corrected chi connectivity index (χ1v) is 11.0. The number of rotatable bonds is 3. The minimum Gasteiger partial charge on any atom is -0.508 e. The van der Waals surface area contributed by atoms with E-state index in [9.17, 15) is 5.11 Å². The van der Waals surface area contributed by atoms with Crippen molar-refractivity contribution < 1.29 is 5.11 Å². The number of aromatic hydroxyl groups is 1. The third-order valence-electron chi connectivity index (χ3n) is 5.73. The first-order valence-electron chi connectivity index (χ1n) is 10.6. The van der Waals surface area contributed by atoms with Crippen molar-refractivity contribution in [3.8, 4) is 39.7 Å². The van der Waals surface area contributed by atoms with Gasteiger partial charge in [0.1, 0.15) is 17.2 Å². The van der Waals surface area contributed by atoms with Crippen LogP contribution in [-0.4, -0.2) is 19.5 Å². The molecule has 158 valence electrons. The lowest BCUT2D eigenvalue weighted by atomic mass is 10.0. The van der Waals surface area contributed by atoms with Crippen LogP contribution >= 0.6 is 11.6 Å². The van der Waals surface area contributed by atoms with E-state index in [1.807, 2.05) is 66.7 Å². The van der Waals surface area contributed by atoms with Crippen LogP contribution in [-0.2, 0) is 0 Å². The average Bonchev–Trinajstić information content (AvgIpc) is 3.26. The zero-order chi connectivity index (χ0) is 22.4. The van der Waals surface area contributed by atoms with Gasteiger partial charge >= 0.3 is 0 Å². The van der Waals surface area contributed by atoms with Gasteiger partial charge in [0.05, 0.1) is 16.9 Å². The lowest BCUT2D eigenvalue weighted by Crippen LogP contribution is -2.00. The van der Waals surface area contributed by atoms with Gasteiger partial charge in [-0.05, 0) is 42.5 Å². The molecule has 2 heterocycles. The lowest BCUT2D eigenvalue weighted by molar-refractivity contribution is 0.476. The van der Waals surface area contributed by atoms with E-state index in [1.54, 1.807) is 12.1 Å². The molecule has 4 nitrogen and oxygen atoms in total. The van der Waals surface area contributed by atoms with E-state index in [0.717, 1.165) is 50.5 Å². The molecule has 0 atom stereocenters. The molecule has 4 aromatic carbocycles. The summed E-state index contributed by atoms with van der Waals surface area (Å²) in [6, 6.07) is 33.2. The summed E-state index contributed by atoms with van der Waals surface area (Å²) < 4.78 is 2.09. The number of nitrogens with zero attached hydrogens (tertiary/aromatic N) is 3. The van der Waals surface area contributed by atoms with Crippen molar-refractivity contribution in [3.63, 3.8) is 0 Å². The molecule has 0 radical (unpaired) electrons. The quantitative estimate of drug-likeness (QED) is 0.311. The maximum absolute atomic E-state index is 10.2. The van der Waals surface area contributed by atoms with Gasteiger partial charge in [0.2, 0.25) is 0 Å². The first-order chi connectivity index (χ1) is 16.2. The van der Waals surface area contributed by atoms with E-state index in [-0.39, 0.29) is 5.75 Å². The Labute approximate surface area is 195 Å². The molecule has 1 N–H and O–H groups in total. The number of fused-ring (bicyclic) bond motifs is 3. The SMILES string of the molecule is Oc1ccc2nc(-c3ccc(Cl)cc3)n3c(-c4ccccc4)c(-c4ccccc4)nc3c2c1. The van der Waals surface area contributed by atoms with Crippen molar-refractivity contribution in [2.45, 2.75) is 0 Å². The number of benzene rings is 4. The van der Waals surface area contributed by atoms with Gasteiger partial charge in [-0.15, -0.1) is 0 Å². The fraction of sp³-hybridized carbons (Fsp3) is 0. The standard InChI is InChI=1S/C28H18ClN3O/c29-21-13-11-20(12-14-21)27-30-24-16-15-22(33)17-23(24)28-31-25(18-7-3-1-4-8-18)26(32(27)28)19-9-5-2-6-10-19/h1-17,33H. The largest absolute Gasteiger partial charge is 0.508 e. The fourth-order valence-electron chi connectivity index (χ4n) is 4.22. The van der Waals surface area contributed by atoms with Crippen LogP contribution in [0, 0.1) is 0 Å². The average molecular weight is 448 g/mol. The van der Waals surface area contributed by atoms with Crippen molar-refractivity contribution in [1.29, 1.82) is 0 Å². The van der Waals surface area contributed by atoms with Gasteiger partial charge in [0, 0.05) is 27.1 Å². The maximum atomic E-state index is 10.2. The highest BCUT2D eigenvalue weighted by molar-refractivity contribution is 6.30. The molecular weight excluding hydrogens is 430 g/mol. The highest BCUT2D eigenvalue weighted by Crippen LogP contribution is 2.38. The van der Waals surface area contributed by atoms with Crippen LogP contribution in [0.1, 0.15) is 0 Å². The Morgan fingerprint density at radius 3 is 2.03 bits per heavy atom. The Kier molecular flexibility index (Phi) is 4.60. The Morgan fingerprint density at radius 2 is 1.33 bits per heavy atom. The minimum absolute atomic E-state index is 0.177. The van der Waals surface area contributed by atoms with Crippen LogP contribution in [0.25, 0.3) is 50.5 Å². The van der Waals surface area contributed by atoms with Crippen molar-refractivity contribution in [1.82, 2.24) is 14.4 Å². The van der Waals surface area contributed by atoms with Crippen molar-refractivity contribution in [2.75, 3.05) is 0 Å². The van der Waals surface area contributed by atoms with Gasteiger partial charge in [-0.2, -0.15) is 0 Å². The van der Waals surface area contributed by atoms with E-state index in [1.165, 1.54) is 0 Å². The van der Waals surface area contributed by atoms with E-state index in [0.29, 0.717) is 5.02 Å². The molecule has 5 heteroatoms. The van der Waals surface area contributed by atoms with Gasteiger partial charge in [-0.25, -0.2) is 9.97 Å². The number of phenols is 1. The molecule has 0 amide bonds. The van der Waals surface area contributed by atoms with Crippen LogP contribution in [0.2, 0.25) is 5.02 Å². The second kappa shape index (κ2) is 7.76. The molecule has 0 bridgehead atoms. The number of halogens is 1. The predicted molar refractivity (Wildman–Crippen MR) is 133 cm³/mol. The molecule has 0 saturated heterocycles. The third-order valence-corrected chi connectivity index (χ3v) is 5.99. The number of hydrogen-bond acceptors (Lipinski definition) is 3. The molecule has 0 aliphatic carbocycles. The summed E-state index contributed by atoms with van der Waals surface area (Å²) in [7, 11) is 0. The van der Waals surface area contributed by atoms with Gasteiger partial charge in [-0.1, -0.05) is 72.3 Å². The molecule has 0 aliphatic heterocycles. The summed E-state index contributed by atoms with van der Waals surface area (Å²) in [5.74, 6) is 0.935. The van der Waals surface area contributed by atoms with E-state index >= 15 is 0 Å². The normalized spacial score (nSPS) is 11.3. The number of imidazole rings is 1. The Bertz CT molecular complexity index is 1610. The first kappa shape index (κ1) is 19.5. The zero-order valence-corrected chi connectivity index (χ0v) is 18.2. The number of phenolic OH excluding ortho intramolecular Hbond substituents is 1. The van der Waals surface area contributed by atoms with Gasteiger partial charge in [0.15, 0.2) is 0 Å². The summed E-state index contributed by atoms with van der Waals surface area (Å²) in [4.78, 5) is 10.1.